The fourth-order valence-corrected chi connectivity index (χ4v) is 2.13. The van der Waals surface area contributed by atoms with Crippen molar-refractivity contribution in [1.82, 2.24) is 19.9 Å². The number of carbonyl (C=O) groups is 1. The summed E-state index contributed by atoms with van der Waals surface area (Å²) >= 11 is 0. The largest absolute Gasteiger partial charge is 0.344 e. The van der Waals surface area contributed by atoms with Gasteiger partial charge in [-0.2, -0.15) is 0 Å². The van der Waals surface area contributed by atoms with E-state index in [9.17, 15) is 4.79 Å². The highest BCUT2D eigenvalue weighted by Gasteiger charge is 2.30. The molecular formula is C15H22N4O. The van der Waals surface area contributed by atoms with Crippen molar-refractivity contribution in [2.75, 3.05) is 0 Å². The van der Waals surface area contributed by atoms with Gasteiger partial charge in [-0.1, -0.05) is 6.92 Å². The van der Waals surface area contributed by atoms with Crippen LogP contribution in [0.3, 0.4) is 0 Å². The van der Waals surface area contributed by atoms with Crippen LogP contribution < -0.4 is 5.32 Å². The lowest BCUT2D eigenvalue weighted by Gasteiger charge is -2.28. The molecule has 0 spiro atoms. The molecule has 1 atom stereocenters. The number of H-pyrrole nitrogens is 1. The molecule has 1 amide bonds. The van der Waals surface area contributed by atoms with Crippen LogP contribution in [0.25, 0.3) is 0 Å². The number of aromatic amines is 1. The fourth-order valence-electron chi connectivity index (χ4n) is 2.13. The number of hydrogen-bond acceptors (Lipinski definition) is 2. The SMILES string of the molecule is CCC(NC(=O)C(C)(C)n1cccc1)c1ncc(C)[nH]1. The van der Waals surface area contributed by atoms with Crippen molar-refractivity contribution in [1.29, 1.82) is 0 Å². The van der Waals surface area contributed by atoms with Crippen LogP contribution in [-0.4, -0.2) is 20.4 Å². The zero-order chi connectivity index (χ0) is 14.8. The molecule has 0 saturated heterocycles. The average molecular weight is 274 g/mol. The predicted molar refractivity (Wildman–Crippen MR) is 78.3 cm³/mol. The Morgan fingerprint density at radius 3 is 2.60 bits per heavy atom. The molecule has 2 aromatic rings. The Morgan fingerprint density at radius 2 is 2.10 bits per heavy atom. The first-order valence-electron chi connectivity index (χ1n) is 6.91. The molecular weight excluding hydrogens is 252 g/mol. The van der Waals surface area contributed by atoms with E-state index in [1.807, 2.05) is 56.8 Å². The molecule has 0 aromatic carbocycles. The van der Waals surface area contributed by atoms with E-state index in [2.05, 4.69) is 15.3 Å². The first kappa shape index (κ1) is 14.4. The lowest BCUT2D eigenvalue weighted by molar-refractivity contribution is -0.129. The number of hydrogen-bond donors (Lipinski definition) is 2. The maximum atomic E-state index is 12.5. The molecule has 108 valence electrons. The Morgan fingerprint density at radius 1 is 1.45 bits per heavy atom. The highest BCUT2D eigenvalue weighted by atomic mass is 16.2. The van der Waals surface area contributed by atoms with Crippen LogP contribution in [0.4, 0.5) is 0 Å². The maximum absolute atomic E-state index is 12.5. The summed E-state index contributed by atoms with van der Waals surface area (Å²) in [6.45, 7) is 7.80. The van der Waals surface area contributed by atoms with E-state index in [1.54, 1.807) is 6.20 Å². The average Bonchev–Trinajstić information content (AvgIpc) is 3.06. The van der Waals surface area contributed by atoms with E-state index < -0.39 is 5.54 Å². The summed E-state index contributed by atoms with van der Waals surface area (Å²) in [4.78, 5) is 20.0. The molecule has 0 saturated carbocycles. The Labute approximate surface area is 119 Å². The summed E-state index contributed by atoms with van der Waals surface area (Å²) in [5.41, 5.74) is 0.371. The molecule has 0 aliphatic carbocycles. The van der Waals surface area contributed by atoms with Gasteiger partial charge in [-0.25, -0.2) is 4.98 Å². The number of aromatic nitrogens is 3. The minimum atomic E-state index is -0.626. The van der Waals surface area contributed by atoms with Gasteiger partial charge in [0.15, 0.2) is 0 Å². The van der Waals surface area contributed by atoms with Crippen LogP contribution >= 0.6 is 0 Å². The summed E-state index contributed by atoms with van der Waals surface area (Å²) < 4.78 is 1.91. The highest BCUT2D eigenvalue weighted by Crippen LogP contribution is 2.19. The lowest BCUT2D eigenvalue weighted by atomic mass is 10.0. The molecule has 0 aliphatic rings. The molecule has 2 heterocycles. The third-order valence-corrected chi connectivity index (χ3v) is 3.57. The van der Waals surface area contributed by atoms with Gasteiger partial charge in [-0.3, -0.25) is 4.79 Å². The number of imidazole rings is 1. The number of nitrogens with one attached hydrogen (secondary N) is 2. The molecule has 5 nitrogen and oxygen atoms in total. The van der Waals surface area contributed by atoms with Crippen LogP contribution in [0.5, 0.6) is 0 Å². The van der Waals surface area contributed by atoms with Crippen LogP contribution in [0.1, 0.15) is 44.8 Å². The van der Waals surface area contributed by atoms with Gasteiger partial charge in [0, 0.05) is 24.3 Å². The molecule has 0 radical (unpaired) electrons. The Hall–Kier alpha value is -2.04. The van der Waals surface area contributed by atoms with Gasteiger partial charge < -0.3 is 14.9 Å². The second-order valence-corrected chi connectivity index (χ2v) is 5.54. The van der Waals surface area contributed by atoms with Gasteiger partial charge in [0.2, 0.25) is 5.91 Å². The van der Waals surface area contributed by atoms with Gasteiger partial charge in [0.05, 0.1) is 6.04 Å². The molecule has 2 rings (SSSR count). The van der Waals surface area contributed by atoms with Gasteiger partial charge in [-0.15, -0.1) is 0 Å². The van der Waals surface area contributed by atoms with Crippen molar-refractivity contribution in [2.24, 2.45) is 0 Å². The van der Waals surface area contributed by atoms with Crippen molar-refractivity contribution < 1.29 is 4.79 Å². The van der Waals surface area contributed by atoms with E-state index >= 15 is 0 Å². The zero-order valence-corrected chi connectivity index (χ0v) is 12.5. The summed E-state index contributed by atoms with van der Waals surface area (Å²) in [7, 11) is 0. The molecule has 1 unspecified atom stereocenters. The molecule has 20 heavy (non-hydrogen) atoms. The van der Waals surface area contributed by atoms with Crippen LogP contribution in [0.2, 0.25) is 0 Å². The maximum Gasteiger partial charge on any atom is 0.246 e. The minimum Gasteiger partial charge on any atom is -0.344 e. The number of nitrogens with zero attached hydrogens (tertiary/aromatic N) is 2. The highest BCUT2D eigenvalue weighted by molar-refractivity contribution is 5.84. The smallest absolute Gasteiger partial charge is 0.246 e. The minimum absolute atomic E-state index is 0.0189. The third-order valence-electron chi connectivity index (χ3n) is 3.57. The van der Waals surface area contributed by atoms with Crippen molar-refractivity contribution in [3.63, 3.8) is 0 Å². The Balaban J connectivity index is 2.13. The van der Waals surface area contributed by atoms with Crippen molar-refractivity contribution in [2.45, 2.75) is 45.7 Å². The van der Waals surface area contributed by atoms with Crippen molar-refractivity contribution in [3.05, 3.63) is 42.2 Å². The van der Waals surface area contributed by atoms with E-state index in [4.69, 9.17) is 0 Å². The van der Waals surface area contributed by atoms with Gasteiger partial charge >= 0.3 is 0 Å². The summed E-state index contributed by atoms with van der Waals surface area (Å²) in [6.07, 6.45) is 6.37. The Bertz CT molecular complexity index is 568. The van der Waals surface area contributed by atoms with Crippen molar-refractivity contribution >= 4 is 5.91 Å². The van der Waals surface area contributed by atoms with Crippen LogP contribution in [0, 0.1) is 6.92 Å². The second-order valence-electron chi connectivity index (χ2n) is 5.54. The fraction of sp³-hybridized carbons (Fsp3) is 0.467. The van der Waals surface area contributed by atoms with Gasteiger partial charge in [-0.05, 0) is 39.3 Å². The van der Waals surface area contributed by atoms with E-state index in [0.717, 1.165) is 17.9 Å². The number of rotatable bonds is 5. The van der Waals surface area contributed by atoms with E-state index in [1.165, 1.54) is 0 Å². The molecule has 0 fully saturated rings. The topological polar surface area (TPSA) is 62.7 Å². The number of amides is 1. The van der Waals surface area contributed by atoms with Gasteiger partial charge in [0.25, 0.3) is 0 Å². The molecule has 2 N–H and O–H groups in total. The monoisotopic (exact) mass is 274 g/mol. The molecule has 5 heteroatoms. The van der Waals surface area contributed by atoms with Gasteiger partial charge in [0.1, 0.15) is 11.4 Å². The predicted octanol–water partition coefficient (Wildman–Crippen LogP) is 2.52. The first-order chi connectivity index (χ1) is 9.45. The normalized spacial score (nSPS) is 13.2. The zero-order valence-electron chi connectivity index (χ0n) is 12.5. The summed E-state index contributed by atoms with van der Waals surface area (Å²) in [6, 6.07) is 3.75. The molecule has 2 aromatic heterocycles. The summed E-state index contributed by atoms with van der Waals surface area (Å²) in [5, 5.41) is 3.07. The lowest BCUT2D eigenvalue weighted by Crippen LogP contribution is -2.45. The quantitative estimate of drug-likeness (QED) is 0.880. The van der Waals surface area contributed by atoms with E-state index in [-0.39, 0.29) is 11.9 Å². The number of carbonyl (C=O) groups excluding carboxylic acids is 1. The summed E-state index contributed by atoms with van der Waals surface area (Å²) in [5.74, 6) is 0.788. The second kappa shape index (κ2) is 5.53. The van der Waals surface area contributed by atoms with Crippen LogP contribution in [0.15, 0.2) is 30.7 Å². The van der Waals surface area contributed by atoms with Crippen LogP contribution in [-0.2, 0) is 10.3 Å². The first-order valence-corrected chi connectivity index (χ1v) is 6.91. The van der Waals surface area contributed by atoms with E-state index in [0.29, 0.717) is 0 Å². The standard InChI is InChI=1S/C15H22N4O/c1-5-12(13-16-10-11(2)17-13)18-14(20)15(3,4)19-8-6-7-9-19/h6-10,12H,5H2,1-4H3,(H,16,17)(H,18,20). The third kappa shape index (κ3) is 2.76. The molecule has 0 aliphatic heterocycles. The van der Waals surface area contributed by atoms with Crippen molar-refractivity contribution in [3.8, 4) is 0 Å². The number of aryl methyl sites for hydroxylation is 1. The molecule has 0 bridgehead atoms. The Kier molecular flexibility index (Phi) is 3.97.